The topological polar surface area (TPSA) is 75.7 Å². The lowest BCUT2D eigenvalue weighted by Gasteiger charge is -2.21. The Morgan fingerprint density at radius 1 is 1.08 bits per heavy atom. The number of halogens is 2. The molecule has 0 radical (unpaired) electrons. The number of amides is 2. The summed E-state index contributed by atoms with van der Waals surface area (Å²) in [5, 5.41) is 3.34. The van der Waals surface area contributed by atoms with Crippen LogP contribution >= 0.6 is 23.2 Å². The van der Waals surface area contributed by atoms with Crippen LogP contribution in [0.5, 0.6) is 0 Å². The van der Waals surface area contributed by atoms with E-state index >= 15 is 0 Å². The van der Waals surface area contributed by atoms with Crippen LogP contribution < -0.4 is 10.2 Å². The van der Waals surface area contributed by atoms with E-state index in [-0.39, 0.29) is 12.5 Å². The van der Waals surface area contributed by atoms with Crippen LogP contribution in [0.1, 0.15) is 17.3 Å². The normalized spacial score (nSPS) is 10.2. The van der Waals surface area contributed by atoms with Crippen LogP contribution in [-0.2, 0) is 14.3 Å². The highest BCUT2D eigenvalue weighted by Gasteiger charge is 2.17. The summed E-state index contributed by atoms with van der Waals surface area (Å²) < 4.78 is 4.64. The SMILES string of the molecule is COC(=O)c1cccc(NC(=O)CN(C(C)=O)c2cc(Cl)cc(Cl)c2)c1. The number of carbonyl (C=O) groups is 3. The molecule has 0 fully saturated rings. The summed E-state index contributed by atoms with van der Waals surface area (Å²) in [5.74, 6) is -1.31. The Labute approximate surface area is 160 Å². The van der Waals surface area contributed by atoms with Gasteiger partial charge in [-0.1, -0.05) is 29.3 Å². The molecule has 2 rings (SSSR count). The van der Waals surface area contributed by atoms with Crippen molar-refractivity contribution in [3.8, 4) is 0 Å². The van der Waals surface area contributed by atoms with Gasteiger partial charge in [0.15, 0.2) is 0 Å². The maximum absolute atomic E-state index is 12.3. The van der Waals surface area contributed by atoms with Crippen molar-refractivity contribution >= 4 is 52.4 Å². The number of esters is 1. The van der Waals surface area contributed by atoms with Crippen molar-refractivity contribution in [1.29, 1.82) is 0 Å². The number of anilines is 2. The van der Waals surface area contributed by atoms with Gasteiger partial charge in [0.25, 0.3) is 0 Å². The highest BCUT2D eigenvalue weighted by molar-refractivity contribution is 6.35. The number of ether oxygens (including phenoxy) is 1. The number of methoxy groups -OCH3 is 1. The second-order valence-corrected chi connectivity index (χ2v) is 6.23. The van der Waals surface area contributed by atoms with Crippen molar-refractivity contribution in [2.45, 2.75) is 6.92 Å². The molecule has 6 nitrogen and oxygen atoms in total. The van der Waals surface area contributed by atoms with Gasteiger partial charge < -0.3 is 15.0 Å². The van der Waals surface area contributed by atoms with Gasteiger partial charge in [-0.15, -0.1) is 0 Å². The molecule has 1 N–H and O–H groups in total. The van der Waals surface area contributed by atoms with Gasteiger partial charge in [-0.3, -0.25) is 9.59 Å². The summed E-state index contributed by atoms with van der Waals surface area (Å²) in [7, 11) is 1.27. The van der Waals surface area contributed by atoms with Crippen LogP contribution in [0.15, 0.2) is 42.5 Å². The van der Waals surface area contributed by atoms with Crippen LogP contribution in [0.25, 0.3) is 0 Å². The minimum Gasteiger partial charge on any atom is -0.465 e. The van der Waals surface area contributed by atoms with Crippen molar-refractivity contribution in [1.82, 2.24) is 0 Å². The fourth-order valence-electron chi connectivity index (χ4n) is 2.27. The predicted molar refractivity (Wildman–Crippen MR) is 101 cm³/mol. The Morgan fingerprint density at radius 3 is 2.31 bits per heavy atom. The molecule has 0 heterocycles. The third-order valence-electron chi connectivity index (χ3n) is 3.41. The molecule has 0 saturated heterocycles. The minimum atomic E-state index is -0.514. The van der Waals surface area contributed by atoms with Crippen molar-refractivity contribution in [2.75, 3.05) is 23.9 Å². The smallest absolute Gasteiger partial charge is 0.337 e. The quantitative estimate of drug-likeness (QED) is 0.782. The fourth-order valence-corrected chi connectivity index (χ4v) is 2.78. The fraction of sp³-hybridized carbons (Fsp3) is 0.167. The van der Waals surface area contributed by atoms with Gasteiger partial charge in [-0.25, -0.2) is 4.79 Å². The standard InChI is InChI=1S/C18H16Cl2N2O4/c1-11(23)22(16-8-13(19)7-14(20)9-16)10-17(24)21-15-5-3-4-12(6-15)18(25)26-2/h3-9H,10H2,1-2H3,(H,21,24). The van der Waals surface area contributed by atoms with Gasteiger partial charge in [0.05, 0.1) is 12.7 Å². The van der Waals surface area contributed by atoms with E-state index in [9.17, 15) is 14.4 Å². The molecule has 0 unspecified atom stereocenters. The lowest BCUT2D eigenvalue weighted by molar-refractivity contribution is -0.120. The van der Waals surface area contributed by atoms with E-state index in [0.29, 0.717) is 27.0 Å². The van der Waals surface area contributed by atoms with Crippen LogP contribution in [0.3, 0.4) is 0 Å². The first-order valence-corrected chi connectivity index (χ1v) is 8.28. The number of hydrogen-bond donors (Lipinski definition) is 1. The van der Waals surface area contributed by atoms with Gasteiger partial charge in [-0.05, 0) is 36.4 Å². The van der Waals surface area contributed by atoms with E-state index in [4.69, 9.17) is 23.2 Å². The van der Waals surface area contributed by atoms with Crippen LogP contribution in [0.4, 0.5) is 11.4 Å². The molecule has 2 amide bonds. The average Bonchev–Trinajstić information content (AvgIpc) is 2.58. The monoisotopic (exact) mass is 394 g/mol. The molecule has 26 heavy (non-hydrogen) atoms. The zero-order chi connectivity index (χ0) is 19.3. The van der Waals surface area contributed by atoms with E-state index in [1.54, 1.807) is 30.3 Å². The zero-order valence-electron chi connectivity index (χ0n) is 14.1. The Bertz CT molecular complexity index is 835. The molecule has 2 aromatic carbocycles. The average molecular weight is 395 g/mol. The van der Waals surface area contributed by atoms with Gasteiger partial charge in [-0.2, -0.15) is 0 Å². The zero-order valence-corrected chi connectivity index (χ0v) is 15.6. The Balaban J connectivity index is 2.16. The molecule has 0 aliphatic rings. The van der Waals surface area contributed by atoms with Crippen molar-refractivity contribution in [3.05, 3.63) is 58.1 Å². The number of rotatable bonds is 5. The summed E-state index contributed by atoms with van der Waals surface area (Å²) in [5.41, 5.74) is 1.12. The predicted octanol–water partition coefficient (Wildman–Crippen LogP) is 3.77. The third-order valence-corrected chi connectivity index (χ3v) is 3.84. The van der Waals surface area contributed by atoms with Gasteiger partial charge >= 0.3 is 5.97 Å². The lowest BCUT2D eigenvalue weighted by atomic mass is 10.2. The van der Waals surface area contributed by atoms with Gasteiger partial charge in [0.2, 0.25) is 11.8 Å². The Hall–Kier alpha value is -2.57. The highest BCUT2D eigenvalue weighted by Crippen LogP contribution is 2.25. The summed E-state index contributed by atoms with van der Waals surface area (Å²) in [6.07, 6.45) is 0. The summed E-state index contributed by atoms with van der Waals surface area (Å²) in [4.78, 5) is 37.1. The first kappa shape index (κ1) is 19.8. The molecule has 136 valence electrons. The van der Waals surface area contributed by atoms with Crippen molar-refractivity contribution in [3.63, 3.8) is 0 Å². The van der Waals surface area contributed by atoms with Crippen LogP contribution in [0.2, 0.25) is 10.0 Å². The molecule has 2 aromatic rings. The molecular formula is C18H16Cl2N2O4. The van der Waals surface area contributed by atoms with Crippen molar-refractivity contribution in [2.24, 2.45) is 0 Å². The first-order chi connectivity index (χ1) is 12.3. The van der Waals surface area contributed by atoms with E-state index in [0.717, 1.165) is 0 Å². The number of nitrogens with zero attached hydrogens (tertiary/aromatic N) is 1. The number of carbonyl (C=O) groups excluding carboxylic acids is 3. The largest absolute Gasteiger partial charge is 0.465 e. The first-order valence-electron chi connectivity index (χ1n) is 7.52. The number of nitrogens with one attached hydrogen (secondary N) is 1. The molecule has 0 aromatic heterocycles. The van der Waals surface area contributed by atoms with E-state index < -0.39 is 11.9 Å². The molecular weight excluding hydrogens is 379 g/mol. The Kier molecular flexibility index (Phi) is 6.60. The van der Waals surface area contributed by atoms with Crippen LogP contribution in [0, 0.1) is 0 Å². The van der Waals surface area contributed by atoms with E-state index in [1.807, 2.05) is 0 Å². The molecule has 0 aliphatic carbocycles. The molecule has 0 atom stereocenters. The van der Waals surface area contributed by atoms with Crippen molar-refractivity contribution < 1.29 is 19.1 Å². The number of hydrogen-bond acceptors (Lipinski definition) is 4. The maximum atomic E-state index is 12.3. The highest BCUT2D eigenvalue weighted by atomic mass is 35.5. The summed E-state index contributed by atoms with van der Waals surface area (Å²) >= 11 is 11.9. The summed E-state index contributed by atoms with van der Waals surface area (Å²) in [6.45, 7) is 1.09. The van der Waals surface area contributed by atoms with Crippen LogP contribution in [-0.4, -0.2) is 31.4 Å². The molecule has 8 heteroatoms. The van der Waals surface area contributed by atoms with Gasteiger partial charge in [0, 0.05) is 28.3 Å². The second kappa shape index (κ2) is 8.69. The molecule has 0 spiro atoms. The number of benzene rings is 2. The second-order valence-electron chi connectivity index (χ2n) is 5.35. The van der Waals surface area contributed by atoms with Gasteiger partial charge in [0.1, 0.15) is 6.54 Å². The van der Waals surface area contributed by atoms with E-state index in [2.05, 4.69) is 10.1 Å². The minimum absolute atomic E-state index is 0.242. The Morgan fingerprint density at radius 2 is 1.73 bits per heavy atom. The molecule has 0 aliphatic heterocycles. The lowest BCUT2D eigenvalue weighted by Crippen LogP contribution is -2.36. The maximum Gasteiger partial charge on any atom is 0.337 e. The molecule has 0 saturated carbocycles. The third kappa shape index (κ3) is 5.21. The summed E-state index contributed by atoms with van der Waals surface area (Å²) in [6, 6.07) is 10.9. The molecule has 0 bridgehead atoms. The van der Waals surface area contributed by atoms with E-state index in [1.165, 1.54) is 31.1 Å².